The minimum Gasteiger partial charge on any atom is -0.493 e. The van der Waals surface area contributed by atoms with Crippen LogP contribution in [0.1, 0.15) is 17.9 Å². The van der Waals surface area contributed by atoms with Crippen molar-refractivity contribution in [1.82, 2.24) is 0 Å². The summed E-state index contributed by atoms with van der Waals surface area (Å²) in [4.78, 5) is 0. The zero-order chi connectivity index (χ0) is 12.5. The molecule has 2 rings (SSSR count). The Morgan fingerprint density at radius 3 is 2.53 bits per heavy atom. The summed E-state index contributed by atoms with van der Waals surface area (Å²) in [7, 11) is 3.24. The maximum absolute atomic E-state index is 9.38. The third-order valence-electron chi connectivity index (χ3n) is 3.72. The zero-order valence-electron chi connectivity index (χ0n) is 10.3. The van der Waals surface area contributed by atoms with E-state index in [0.717, 1.165) is 23.5 Å². The molecular weight excluding hydrogens is 218 g/mol. The first-order chi connectivity index (χ1) is 8.20. The number of benzene rings is 1. The molecule has 0 heterocycles. The van der Waals surface area contributed by atoms with Crippen LogP contribution in [0.3, 0.4) is 0 Å². The Morgan fingerprint density at radius 2 is 2.06 bits per heavy atom. The molecule has 4 nitrogen and oxygen atoms in total. The molecule has 3 N–H and O–H groups in total. The summed E-state index contributed by atoms with van der Waals surface area (Å²) in [6.07, 6.45) is 0.940. The number of aliphatic hydroxyl groups excluding tert-OH is 1. The predicted octanol–water partition coefficient (Wildman–Crippen LogP) is 1.13. The van der Waals surface area contributed by atoms with Gasteiger partial charge in [0, 0.05) is 12.0 Å². The lowest BCUT2D eigenvalue weighted by atomic mass is 10.00. The molecule has 0 aliphatic heterocycles. The molecule has 0 spiro atoms. The first kappa shape index (κ1) is 12.2. The van der Waals surface area contributed by atoms with Crippen molar-refractivity contribution in [2.45, 2.75) is 12.3 Å². The van der Waals surface area contributed by atoms with Crippen LogP contribution in [0.5, 0.6) is 11.5 Å². The maximum atomic E-state index is 9.38. The average molecular weight is 237 g/mol. The van der Waals surface area contributed by atoms with Crippen molar-refractivity contribution in [3.63, 3.8) is 0 Å². The molecule has 1 aliphatic rings. The van der Waals surface area contributed by atoms with Crippen LogP contribution in [-0.4, -0.2) is 32.5 Å². The summed E-state index contributed by atoms with van der Waals surface area (Å²) in [5.41, 5.74) is 6.75. The largest absolute Gasteiger partial charge is 0.493 e. The molecule has 0 unspecified atom stereocenters. The van der Waals surface area contributed by atoms with Crippen LogP contribution in [0.2, 0.25) is 0 Å². The second-order valence-electron chi connectivity index (χ2n) is 4.60. The van der Waals surface area contributed by atoms with E-state index < -0.39 is 0 Å². The van der Waals surface area contributed by atoms with E-state index in [1.54, 1.807) is 14.2 Å². The lowest BCUT2D eigenvalue weighted by molar-refractivity contribution is 0.211. The van der Waals surface area contributed by atoms with Crippen molar-refractivity contribution in [3.8, 4) is 11.5 Å². The Labute approximate surface area is 101 Å². The molecular formula is C13H19NO3. The molecule has 1 aromatic carbocycles. The van der Waals surface area contributed by atoms with Crippen LogP contribution < -0.4 is 15.2 Å². The molecule has 1 saturated carbocycles. The molecule has 1 aromatic rings. The Hall–Kier alpha value is -1.26. The fourth-order valence-corrected chi connectivity index (χ4v) is 2.35. The van der Waals surface area contributed by atoms with Gasteiger partial charge in [-0.05, 0) is 30.0 Å². The third kappa shape index (κ3) is 1.98. The minimum absolute atomic E-state index is 0.125. The standard InChI is InChI=1S/C13H19NO3/c1-16-11-4-3-9(5-12(11)17-2)10-6-13(10,7-14)8-15/h3-5,10,15H,6-8,14H2,1-2H3/t10-,13-/m1/s1. The topological polar surface area (TPSA) is 64.7 Å². The Balaban J connectivity index is 2.24. The number of hydrogen-bond acceptors (Lipinski definition) is 4. The van der Waals surface area contributed by atoms with Crippen molar-refractivity contribution in [3.05, 3.63) is 23.8 Å². The third-order valence-corrected chi connectivity index (χ3v) is 3.72. The van der Waals surface area contributed by atoms with Gasteiger partial charge in [0.25, 0.3) is 0 Å². The number of methoxy groups -OCH3 is 2. The molecule has 94 valence electrons. The van der Waals surface area contributed by atoms with Crippen LogP contribution in [0.25, 0.3) is 0 Å². The summed E-state index contributed by atoms with van der Waals surface area (Å²) in [6, 6.07) is 5.88. The summed E-state index contributed by atoms with van der Waals surface area (Å²) < 4.78 is 10.5. The van der Waals surface area contributed by atoms with Gasteiger partial charge >= 0.3 is 0 Å². The maximum Gasteiger partial charge on any atom is 0.160 e. The molecule has 0 amide bonds. The molecule has 2 atom stereocenters. The number of nitrogens with two attached hydrogens (primary N) is 1. The van der Waals surface area contributed by atoms with Gasteiger partial charge in [-0.25, -0.2) is 0 Å². The highest BCUT2D eigenvalue weighted by Gasteiger charge is 2.53. The Bertz CT molecular complexity index is 402. The van der Waals surface area contributed by atoms with E-state index in [9.17, 15) is 5.11 Å². The number of rotatable bonds is 5. The minimum atomic E-state index is -0.125. The smallest absolute Gasteiger partial charge is 0.160 e. The van der Waals surface area contributed by atoms with Gasteiger partial charge in [-0.2, -0.15) is 0 Å². The molecule has 0 radical (unpaired) electrons. The number of aliphatic hydroxyl groups is 1. The summed E-state index contributed by atoms with van der Waals surface area (Å²) in [6.45, 7) is 0.658. The fraction of sp³-hybridized carbons (Fsp3) is 0.538. The first-order valence-corrected chi connectivity index (χ1v) is 5.73. The number of hydrogen-bond donors (Lipinski definition) is 2. The molecule has 1 aliphatic carbocycles. The van der Waals surface area contributed by atoms with Gasteiger partial charge in [-0.15, -0.1) is 0 Å². The Morgan fingerprint density at radius 1 is 1.35 bits per heavy atom. The molecule has 0 bridgehead atoms. The summed E-state index contributed by atoms with van der Waals surface area (Å²) in [5.74, 6) is 1.78. The second kappa shape index (κ2) is 4.55. The van der Waals surface area contributed by atoms with E-state index in [4.69, 9.17) is 15.2 Å². The quantitative estimate of drug-likeness (QED) is 0.805. The van der Waals surface area contributed by atoms with Crippen molar-refractivity contribution in [2.75, 3.05) is 27.4 Å². The summed E-state index contributed by atoms with van der Waals surface area (Å²) in [5, 5.41) is 9.38. The van der Waals surface area contributed by atoms with Crippen LogP contribution in [0.4, 0.5) is 0 Å². The second-order valence-corrected chi connectivity index (χ2v) is 4.60. The fourth-order valence-electron chi connectivity index (χ4n) is 2.35. The van der Waals surface area contributed by atoms with Gasteiger partial charge in [0.05, 0.1) is 20.8 Å². The normalized spacial score (nSPS) is 26.7. The molecule has 0 saturated heterocycles. The van der Waals surface area contributed by atoms with Crippen LogP contribution in [0.15, 0.2) is 18.2 Å². The highest BCUT2D eigenvalue weighted by molar-refractivity contribution is 5.46. The van der Waals surface area contributed by atoms with E-state index >= 15 is 0 Å². The molecule has 0 aromatic heterocycles. The van der Waals surface area contributed by atoms with Gasteiger partial charge in [0.1, 0.15) is 0 Å². The van der Waals surface area contributed by atoms with Crippen molar-refractivity contribution >= 4 is 0 Å². The van der Waals surface area contributed by atoms with Gasteiger partial charge in [0.15, 0.2) is 11.5 Å². The highest BCUT2D eigenvalue weighted by Crippen LogP contribution is 2.58. The molecule has 17 heavy (non-hydrogen) atoms. The average Bonchev–Trinajstić information content (AvgIpc) is 3.13. The molecule has 4 heteroatoms. The van der Waals surface area contributed by atoms with E-state index in [-0.39, 0.29) is 12.0 Å². The van der Waals surface area contributed by atoms with E-state index in [1.165, 1.54) is 0 Å². The monoisotopic (exact) mass is 237 g/mol. The van der Waals surface area contributed by atoms with E-state index in [2.05, 4.69) is 0 Å². The molecule has 1 fully saturated rings. The lowest BCUT2D eigenvalue weighted by Crippen LogP contribution is -2.21. The van der Waals surface area contributed by atoms with Gasteiger partial charge in [-0.1, -0.05) is 6.07 Å². The van der Waals surface area contributed by atoms with Crippen LogP contribution in [0, 0.1) is 5.41 Å². The van der Waals surface area contributed by atoms with Crippen molar-refractivity contribution in [1.29, 1.82) is 0 Å². The van der Waals surface area contributed by atoms with Crippen LogP contribution in [-0.2, 0) is 0 Å². The van der Waals surface area contributed by atoms with Gasteiger partial charge in [-0.3, -0.25) is 0 Å². The van der Waals surface area contributed by atoms with Crippen molar-refractivity contribution in [2.24, 2.45) is 11.1 Å². The predicted molar refractivity (Wildman–Crippen MR) is 65.5 cm³/mol. The van der Waals surface area contributed by atoms with Gasteiger partial charge < -0.3 is 20.3 Å². The van der Waals surface area contributed by atoms with Gasteiger partial charge in [0.2, 0.25) is 0 Å². The van der Waals surface area contributed by atoms with E-state index in [1.807, 2.05) is 18.2 Å². The van der Waals surface area contributed by atoms with Crippen molar-refractivity contribution < 1.29 is 14.6 Å². The first-order valence-electron chi connectivity index (χ1n) is 5.73. The lowest BCUT2D eigenvalue weighted by Gasteiger charge is -2.13. The number of ether oxygens (including phenoxy) is 2. The van der Waals surface area contributed by atoms with Crippen LogP contribution >= 0.6 is 0 Å². The highest BCUT2D eigenvalue weighted by atomic mass is 16.5. The summed E-state index contributed by atoms with van der Waals surface area (Å²) >= 11 is 0. The Kier molecular flexibility index (Phi) is 3.26. The SMILES string of the molecule is COc1ccc([C@H]2C[C@@]2(CN)CO)cc1OC. The zero-order valence-corrected chi connectivity index (χ0v) is 10.3. The van der Waals surface area contributed by atoms with E-state index in [0.29, 0.717) is 12.5 Å².